The van der Waals surface area contributed by atoms with E-state index in [1.54, 1.807) is 55.6 Å². The minimum absolute atomic E-state index is 0.0672. The zero-order chi connectivity index (χ0) is 19.5. The topological polar surface area (TPSA) is 88.4 Å². The van der Waals surface area contributed by atoms with Gasteiger partial charge in [-0.05, 0) is 48.5 Å². The molecule has 28 heavy (non-hydrogen) atoms. The van der Waals surface area contributed by atoms with Crippen LogP contribution >= 0.6 is 0 Å². The molecule has 1 heterocycles. The lowest BCUT2D eigenvalue weighted by atomic mass is 10.1. The molecule has 0 radical (unpaired) electrons. The average molecular weight is 371 g/mol. The van der Waals surface area contributed by atoms with Crippen LogP contribution in [0.1, 0.15) is 0 Å². The smallest absolute Gasteiger partial charge is 0.167 e. The van der Waals surface area contributed by atoms with Crippen molar-refractivity contribution in [3.63, 3.8) is 0 Å². The number of phenolic OH excluding ortho intramolecular Hbond substituents is 2. The van der Waals surface area contributed by atoms with Crippen molar-refractivity contribution in [1.29, 1.82) is 0 Å². The van der Waals surface area contributed by atoms with Crippen LogP contribution in [-0.4, -0.2) is 32.3 Å². The first-order chi connectivity index (χ1) is 13.7. The number of methoxy groups -OCH3 is 1. The van der Waals surface area contributed by atoms with Crippen LogP contribution in [0, 0.1) is 0 Å². The molecule has 0 amide bonds. The third-order valence-corrected chi connectivity index (χ3v) is 4.27. The van der Waals surface area contributed by atoms with E-state index in [1.165, 1.54) is 0 Å². The Balaban J connectivity index is 1.93. The molecule has 0 bridgehead atoms. The number of aromatic nitrogens is 3. The molecular weight excluding hydrogens is 354 g/mol. The zero-order valence-electron chi connectivity index (χ0n) is 15.1. The molecule has 4 rings (SSSR count). The van der Waals surface area contributed by atoms with E-state index in [4.69, 9.17) is 4.74 Å². The van der Waals surface area contributed by atoms with Crippen molar-refractivity contribution >= 4 is 0 Å². The summed E-state index contributed by atoms with van der Waals surface area (Å²) in [5.74, 6) is 1.92. The number of hydrogen-bond donors (Lipinski definition) is 2. The van der Waals surface area contributed by atoms with Crippen LogP contribution in [0.4, 0.5) is 0 Å². The van der Waals surface area contributed by atoms with E-state index in [1.807, 2.05) is 24.3 Å². The largest absolute Gasteiger partial charge is 0.507 e. The molecule has 0 fully saturated rings. The highest BCUT2D eigenvalue weighted by Gasteiger charge is 2.16. The predicted molar refractivity (Wildman–Crippen MR) is 106 cm³/mol. The molecule has 2 N–H and O–H groups in total. The van der Waals surface area contributed by atoms with Crippen LogP contribution in [0.2, 0.25) is 0 Å². The van der Waals surface area contributed by atoms with Gasteiger partial charge in [0.25, 0.3) is 0 Å². The maximum Gasteiger partial charge on any atom is 0.167 e. The molecule has 0 aliphatic rings. The van der Waals surface area contributed by atoms with E-state index in [0.717, 1.165) is 11.3 Å². The minimum atomic E-state index is 0.0672. The van der Waals surface area contributed by atoms with Gasteiger partial charge in [-0.2, -0.15) is 0 Å². The molecule has 0 atom stereocenters. The third kappa shape index (κ3) is 3.35. The van der Waals surface area contributed by atoms with Gasteiger partial charge < -0.3 is 14.9 Å². The summed E-state index contributed by atoms with van der Waals surface area (Å²) < 4.78 is 5.20. The standard InChI is InChI=1S/C22H17N3O3/c1-28-15-12-10-14(11-13-15)20-23-21(16-6-2-4-8-18(16)26)25-22(24-20)17-7-3-5-9-19(17)27/h2-13,26-27H,1H3. The Morgan fingerprint density at radius 2 is 1.07 bits per heavy atom. The second kappa shape index (κ2) is 7.36. The SMILES string of the molecule is COc1ccc(-c2nc(-c3ccccc3O)nc(-c3ccccc3O)n2)cc1. The Bertz CT molecular complexity index is 1060. The monoisotopic (exact) mass is 371 g/mol. The number of nitrogens with zero attached hydrogens (tertiary/aromatic N) is 3. The molecule has 0 aliphatic carbocycles. The van der Waals surface area contributed by atoms with Crippen molar-refractivity contribution in [2.24, 2.45) is 0 Å². The lowest BCUT2D eigenvalue weighted by molar-refractivity contribution is 0.415. The first kappa shape index (κ1) is 17.5. The van der Waals surface area contributed by atoms with Gasteiger partial charge in [0.1, 0.15) is 17.2 Å². The number of para-hydroxylation sites is 2. The summed E-state index contributed by atoms with van der Waals surface area (Å²) in [4.78, 5) is 13.6. The lowest BCUT2D eigenvalue weighted by Crippen LogP contribution is -2.00. The summed E-state index contributed by atoms with van der Waals surface area (Å²) in [5.41, 5.74) is 1.73. The summed E-state index contributed by atoms with van der Waals surface area (Å²) in [5, 5.41) is 20.5. The highest BCUT2D eigenvalue weighted by Crippen LogP contribution is 2.32. The van der Waals surface area contributed by atoms with E-state index < -0.39 is 0 Å². The molecule has 0 saturated heterocycles. The van der Waals surface area contributed by atoms with Crippen molar-refractivity contribution in [3.8, 4) is 51.4 Å². The number of rotatable bonds is 4. The van der Waals surface area contributed by atoms with Crippen LogP contribution in [0.25, 0.3) is 34.2 Å². The Labute approximate surface area is 161 Å². The van der Waals surface area contributed by atoms with Crippen molar-refractivity contribution in [2.75, 3.05) is 7.11 Å². The van der Waals surface area contributed by atoms with E-state index in [0.29, 0.717) is 28.6 Å². The van der Waals surface area contributed by atoms with Crippen molar-refractivity contribution < 1.29 is 14.9 Å². The van der Waals surface area contributed by atoms with Crippen LogP contribution in [-0.2, 0) is 0 Å². The molecule has 1 aromatic heterocycles. The summed E-state index contributed by atoms with van der Waals surface area (Å²) in [6, 6.07) is 21.0. The highest BCUT2D eigenvalue weighted by atomic mass is 16.5. The van der Waals surface area contributed by atoms with Gasteiger partial charge in [-0.25, -0.2) is 15.0 Å². The van der Waals surface area contributed by atoms with Crippen molar-refractivity contribution in [1.82, 2.24) is 15.0 Å². The maximum absolute atomic E-state index is 10.2. The second-order valence-electron chi connectivity index (χ2n) is 6.07. The van der Waals surface area contributed by atoms with E-state index in [-0.39, 0.29) is 11.5 Å². The van der Waals surface area contributed by atoms with Gasteiger partial charge >= 0.3 is 0 Å². The van der Waals surface area contributed by atoms with Crippen LogP contribution in [0.3, 0.4) is 0 Å². The van der Waals surface area contributed by atoms with Crippen LogP contribution < -0.4 is 4.74 Å². The summed E-state index contributed by atoms with van der Waals surface area (Å²) in [6.07, 6.45) is 0. The third-order valence-electron chi connectivity index (χ3n) is 4.27. The second-order valence-corrected chi connectivity index (χ2v) is 6.07. The molecule has 0 aliphatic heterocycles. The van der Waals surface area contributed by atoms with Gasteiger partial charge in [-0.15, -0.1) is 0 Å². The van der Waals surface area contributed by atoms with E-state index in [9.17, 15) is 10.2 Å². The number of benzene rings is 3. The molecule has 0 saturated carbocycles. The first-order valence-electron chi connectivity index (χ1n) is 8.63. The quantitative estimate of drug-likeness (QED) is 0.556. The fourth-order valence-corrected chi connectivity index (χ4v) is 2.81. The van der Waals surface area contributed by atoms with Gasteiger partial charge in [-0.1, -0.05) is 24.3 Å². The van der Waals surface area contributed by atoms with E-state index >= 15 is 0 Å². The Morgan fingerprint density at radius 1 is 0.607 bits per heavy atom. The number of aromatic hydroxyl groups is 2. The summed E-state index contributed by atoms with van der Waals surface area (Å²) in [7, 11) is 1.60. The summed E-state index contributed by atoms with van der Waals surface area (Å²) >= 11 is 0. The molecule has 0 spiro atoms. The summed E-state index contributed by atoms with van der Waals surface area (Å²) in [6.45, 7) is 0. The predicted octanol–water partition coefficient (Wildman–Crippen LogP) is 4.29. The van der Waals surface area contributed by atoms with Crippen molar-refractivity contribution in [3.05, 3.63) is 72.8 Å². The molecule has 6 nitrogen and oxygen atoms in total. The zero-order valence-corrected chi connectivity index (χ0v) is 15.1. The van der Waals surface area contributed by atoms with Crippen molar-refractivity contribution in [2.45, 2.75) is 0 Å². The molecule has 3 aromatic carbocycles. The van der Waals surface area contributed by atoms with Gasteiger partial charge in [-0.3, -0.25) is 0 Å². The number of phenols is 2. The Morgan fingerprint density at radius 3 is 1.54 bits per heavy atom. The van der Waals surface area contributed by atoms with Gasteiger partial charge in [0.15, 0.2) is 17.5 Å². The van der Waals surface area contributed by atoms with Crippen LogP contribution in [0.15, 0.2) is 72.8 Å². The van der Waals surface area contributed by atoms with E-state index in [2.05, 4.69) is 15.0 Å². The van der Waals surface area contributed by atoms with Gasteiger partial charge in [0.2, 0.25) is 0 Å². The number of hydrogen-bond acceptors (Lipinski definition) is 6. The minimum Gasteiger partial charge on any atom is -0.507 e. The molecule has 0 unspecified atom stereocenters. The molecule has 6 heteroatoms. The first-order valence-corrected chi connectivity index (χ1v) is 8.63. The highest BCUT2D eigenvalue weighted by molar-refractivity contribution is 5.71. The average Bonchev–Trinajstić information content (AvgIpc) is 2.74. The van der Waals surface area contributed by atoms with Gasteiger partial charge in [0, 0.05) is 5.56 Å². The Hall–Kier alpha value is -3.93. The Kier molecular flexibility index (Phi) is 4.60. The number of ether oxygens (including phenoxy) is 1. The molecular formula is C22H17N3O3. The molecule has 4 aromatic rings. The maximum atomic E-state index is 10.2. The fourth-order valence-electron chi connectivity index (χ4n) is 2.81. The normalized spacial score (nSPS) is 10.6. The van der Waals surface area contributed by atoms with Gasteiger partial charge in [0.05, 0.1) is 18.2 Å². The van der Waals surface area contributed by atoms with Crippen LogP contribution in [0.5, 0.6) is 17.2 Å². The fraction of sp³-hybridized carbons (Fsp3) is 0.0455. The lowest BCUT2D eigenvalue weighted by Gasteiger charge is -2.10. The molecule has 138 valence electrons.